The van der Waals surface area contributed by atoms with E-state index in [0.29, 0.717) is 6.42 Å². The van der Waals surface area contributed by atoms with Crippen molar-refractivity contribution in [1.82, 2.24) is 9.55 Å². The Bertz CT molecular complexity index is 431. The van der Waals surface area contributed by atoms with Crippen molar-refractivity contribution in [1.29, 1.82) is 0 Å². The molecule has 2 rings (SSSR count). The van der Waals surface area contributed by atoms with Gasteiger partial charge in [-0.15, -0.1) is 0 Å². The van der Waals surface area contributed by atoms with Crippen molar-refractivity contribution in [2.45, 2.75) is 58.4 Å². The smallest absolute Gasteiger partial charge is 0.166 e. The number of allylic oxidation sites excluding steroid dienone is 2. The SMILES string of the molecule is CCCn1ccnc1CC(=O)C1=CCCCCC1. The number of carbonyl (C=O) groups is 1. The molecule has 0 saturated carbocycles. The van der Waals surface area contributed by atoms with Gasteiger partial charge in [0.05, 0.1) is 6.42 Å². The molecule has 3 heteroatoms. The van der Waals surface area contributed by atoms with Crippen molar-refractivity contribution in [2.24, 2.45) is 0 Å². The molecule has 0 aromatic carbocycles. The molecule has 1 aliphatic rings. The second-order valence-electron chi connectivity index (χ2n) is 4.97. The fraction of sp³-hybridized carbons (Fsp3) is 0.600. The first-order valence-electron chi connectivity index (χ1n) is 7.03. The number of hydrogen-bond acceptors (Lipinski definition) is 2. The second kappa shape index (κ2) is 6.53. The zero-order valence-corrected chi connectivity index (χ0v) is 11.2. The van der Waals surface area contributed by atoms with E-state index >= 15 is 0 Å². The lowest BCUT2D eigenvalue weighted by Gasteiger charge is -2.07. The Balaban J connectivity index is 2.01. The van der Waals surface area contributed by atoms with Gasteiger partial charge in [-0.25, -0.2) is 4.98 Å². The van der Waals surface area contributed by atoms with Crippen molar-refractivity contribution in [3.63, 3.8) is 0 Å². The summed E-state index contributed by atoms with van der Waals surface area (Å²) in [6.07, 6.45) is 13.1. The van der Waals surface area contributed by atoms with Crippen molar-refractivity contribution in [2.75, 3.05) is 0 Å². The minimum absolute atomic E-state index is 0.264. The maximum Gasteiger partial charge on any atom is 0.166 e. The van der Waals surface area contributed by atoms with Crippen LogP contribution in [0.25, 0.3) is 0 Å². The van der Waals surface area contributed by atoms with E-state index in [1.807, 2.05) is 6.20 Å². The molecule has 1 aliphatic carbocycles. The summed E-state index contributed by atoms with van der Waals surface area (Å²) in [5.74, 6) is 1.17. The lowest BCUT2D eigenvalue weighted by Crippen LogP contribution is -2.12. The van der Waals surface area contributed by atoms with Gasteiger partial charge in [0.15, 0.2) is 5.78 Å². The Kier molecular flexibility index (Phi) is 4.73. The molecule has 3 nitrogen and oxygen atoms in total. The zero-order chi connectivity index (χ0) is 12.8. The number of ketones is 1. The molecule has 1 aromatic heterocycles. The molecule has 1 aromatic rings. The topological polar surface area (TPSA) is 34.9 Å². The van der Waals surface area contributed by atoms with E-state index in [0.717, 1.165) is 43.6 Å². The maximum absolute atomic E-state index is 12.3. The Morgan fingerprint density at radius 3 is 3.11 bits per heavy atom. The molecule has 0 bridgehead atoms. The minimum atomic E-state index is 0.264. The molecule has 0 N–H and O–H groups in total. The van der Waals surface area contributed by atoms with Gasteiger partial charge in [-0.3, -0.25) is 4.79 Å². The molecule has 0 unspecified atom stereocenters. The van der Waals surface area contributed by atoms with Gasteiger partial charge < -0.3 is 4.57 Å². The Morgan fingerprint density at radius 2 is 2.28 bits per heavy atom. The van der Waals surface area contributed by atoms with E-state index in [-0.39, 0.29) is 5.78 Å². The summed E-state index contributed by atoms with van der Waals surface area (Å²) in [5.41, 5.74) is 1.03. The van der Waals surface area contributed by atoms with Gasteiger partial charge in [-0.1, -0.05) is 19.4 Å². The molecule has 98 valence electrons. The Hall–Kier alpha value is -1.38. The number of hydrogen-bond donors (Lipinski definition) is 0. The summed E-state index contributed by atoms with van der Waals surface area (Å²) < 4.78 is 2.09. The van der Waals surface area contributed by atoms with Crippen LogP contribution in [0, 0.1) is 0 Å². The molecule has 0 saturated heterocycles. The zero-order valence-electron chi connectivity index (χ0n) is 11.2. The molecule has 0 amide bonds. The molecule has 0 aliphatic heterocycles. The number of carbonyl (C=O) groups excluding carboxylic acids is 1. The van der Waals surface area contributed by atoms with Gasteiger partial charge >= 0.3 is 0 Å². The monoisotopic (exact) mass is 246 g/mol. The van der Waals surface area contributed by atoms with E-state index in [4.69, 9.17) is 0 Å². The quantitative estimate of drug-likeness (QED) is 0.799. The van der Waals surface area contributed by atoms with Crippen LogP contribution in [0.5, 0.6) is 0 Å². The molecule has 0 spiro atoms. The van der Waals surface area contributed by atoms with Gasteiger partial charge in [0.2, 0.25) is 0 Å². The standard InChI is InChI=1S/C15H22N2O/c1-2-10-17-11-9-16-15(17)12-14(18)13-7-5-3-4-6-8-13/h7,9,11H,2-6,8,10,12H2,1H3. The van der Waals surface area contributed by atoms with E-state index < -0.39 is 0 Å². The molecule has 1 heterocycles. The normalized spacial score (nSPS) is 16.2. The number of nitrogens with zero attached hydrogens (tertiary/aromatic N) is 2. The lowest BCUT2D eigenvalue weighted by molar-refractivity contribution is -0.115. The molecule has 0 fully saturated rings. The lowest BCUT2D eigenvalue weighted by atomic mass is 10.0. The van der Waals surface area contributed by atoms with Crippen molar-refractivity contribution in [3.05, 3.63) is 29.9 Å². The third-order valence-corrected chi connectivity index (χ3v) is 3.48. The van der Waals surface area contributed by atoms with Crippen LogP contribution in [0.15, 0.2) is 24.0 Å². The first-order valence-corrected chi connectivity index (χ1v) is 7.03. The Labute approximate surface area is 109 Å². The first-order chi connectivity index (χ1) is 8.81. The average Bonchev–Trinajstić information content (AvgIpc) is 2.66. The highest BCUT2D eigenvalue weighted by Gasteiger charge is 2.14. The third-order valence-electron chi connectivity index (χ3n) is 3.48. The summed E-state index contributed by atoms with van der Waals surface area (Å²) in [6.45, 7) is 3.08. The van der Waals surface area contributed by atoms with Crippen LogP contribution in [0.3, 0.4) is 0 Å². The highest BCUT2D eigenvalue weighted by Crippen LogP contribution is 2.19. The number of aryl methyl sites for hydroxylation is 1. The van der Waals surface area contributed by atoms with E-state index in [2.05, 4.69) is 22.6 Å². The minimum Gasteiger partial charge on any atom is -0.335 e. The van der Waals surface area contributed by atoms with Crippen molar-refractivity contribution >= 4 is 5.78 Å². The van der Waals surface area contributed by atoms with E-state index in [9.17, 15) is 4.79 Å². The van der Waals surface area contributed by atoms with Crippen molar-refractivity contribution < 1.29 is 4.79 Å². The first kappa shape index (κ1) is 13.1. The molecular formula is C15H22N2O. The van der Waals surface area contributed by atoms with Crippen LogP contribution >= 0.6 is 0 Å². The van der Waals surface area contributed by atoms with Gasteiger partial charge in [-0.05, 0) is 37.7 Å². The molecule has 0 atom stereocenters. The fourth-order valence-electron chi connectivity index (χ4n) is 2.48. The summed E-state index contributed by atoms with van der Waals surface area (Å²) in [5, 5.41) is 0. The number of aromatic nitrogens is 2. The predicted molar refractivity (Wildman–Crippen MR) is 72.4 cm³/mol. The van der Waals surface area contributed by atoms with Gasteiger partial charge in [-0.2, -0.15) is 0 Å². The van der Waals surface area contributed by atoms with Crippen LogP contribution in [-0.2, 0) is 17.8 Å². The highest BCUT2D eigenvalue weighted by molar-refractivity contribution is 5.96. The van der Waals surface area contributed by atoms with Gasteiger partial charge in [0.1, 0.15) is 5.82 Å². The predicted octanol–water partition coefficient (Wildman–Crippen LogP) is 3.30. The molecule has 18 heavy (non-hydrogen) atoms. The van der Waals surface area contributed by atoms with E-state index in [1.165, 1.54) is 12.8 Å². The number of imidazole rings is 1. The highest BCUT2D eigenvalue weighted by atomic mass is 16.1. The number of Topliss-reactive ketones (excluding diaryl/α,β-unsaturated/α-hetero) is 1. The average molecular weight is 246 g/mol. The van der Waals surface area contributed by atoms with Gasteiger partial charge in [0.25, 0.3) is 0 Å². The Morgan fingerprint density at radius 1 is 1.39 bits per heavy atom. The van der Waals surface area contributed by atoms with E-state index in [1.54, 1.807) is 6.20 Å². The second-order valence-corrected chi connectivity index (χ2v) is 4.97. The van der Waals surface area contributed by atoms with Crippen molar-refractivity contribution in [3.8, 4) is 0 Å². The van der Waals surface area contributed by atoms with Crippen LogP contribution in [-0.4, -0.2) is 15.3 Å². The van der Waals surface area contributed by atoms with Crippen LogP contribution in [0.1, 0.15) is 51.3 Å². The van der Waals surface area contributed by atoms with Gasteiger partial charge in [0, 0.05) is 18.9 Å². The summed E-state index contributed by atoms with van der Waals surface area (Å²) in [6, 6.07) is 0. The molecule has 0 radical (unpaired) electrons. The van der Waals surface area contributed by atoms with Crippen LogP contribution < -0.4 is 0 Å². The number of rotatable bonds is 5. The fourth-order valence-corrected chi connectivity index (χ4v) is 2.48. The van der Waals surface area contributed by atoms with Crippen LogP contribution in [0.4, 0.5) is 0 Å². The summed E-state index contributed by atoms with van der Waals surface area (Å²) in [4.78, 5) is 16.6. The molecular weight excluding hydrogens is 224 g/mol. The largest absolute Gasteiger partial charge is 0.335 e. The third kappa shape index (κ3) is 3.31. The maximum atomic E-state index is 12.3. The van der Waals surface area contributed by atoms with Crippen LogP contribution in [0.2, 0.25) is 0 Å². The summed E-state index contributed by atoms with van der Waals surface area (Å²) >= 11 is 0. The summed E-state index contributed by atoms with van der Waals surface area (Å²) in [7, 11) is 0.